The fourth-order valence-corrected chi connectivity index (χ4v) is 5.74. The number of nitrogens with zero attached hydrogens (tertiary/aromatic N) is 2. The average molecular weight is 609 g/mol. The first-order valence-electron chi connectivity index (χ1n) is 12.7. The van der Waals surface area contributed by atoms with E-state index >= 15 is 0 Å². The Labute approximate surface area is 244 Å². The summed E-state index contributed by atoms with van der Waals surface area (Å²) in [5.74, 6) is -1.62. The van der Waals surface area contributed by atoms with Gasteiger partial charge in [-0.15, -0.1) is 0 Å². The normalized spacial score (nSPS) is 12.9. The van der Waals surface area contributed by atoms with Crippen LogP contribution >= 0.6 is 23.2 Å². The van der Waals surface area contributed by atoms with Gasteiger partial charge in [0, 0.05) is 22.6 Å². The van der Waals surface area contributed by atoms with Crippen LogP contribution < -0.4 is 9.62 Å². The molecule has 0 aliphatic heterocycles. The van der Waals surface area contributed by atoms with Gasteiger partial charge in [-0.25, -0.2) is 12.8 Å². The first-order chi connectivity index (χ1) is 18.8. The van der Waals surface area contributed by atoms with Gasteiger partial charge in [0.2, 0.25) is 11.8 Å². The summed E-state index contributed by atoms with van der Waals surface area (Å²) >= 11 is 12.4. The first-order valence-corrected chi connectivity index (χ1v) is 14.9. The molecule has 3 aromatic rings. The monoisotopic (exact) mass is 607 g/mol. The smallest absolute Gasteiger partial charge is 0.264 e. The van der Waals surface area contributed by atoms with E-state index in [0.717, 1.165) is 34.1 Å². The second-order valence-corrected chi connectivity index (χ2v) is 12.3. The number of hydrogen-bond acceptors (Lipinski definition) is 4. The SMILES string of the molecule is CC[C@@H](C)NC(=O)[C@@H](C)N(Cc1ccc(Cl)cc1Cl)C(=O)CN(c1ccc(C)cc1)S(=O)(=O)c1ccc(F)cc1. The van der Waals surface area contributed by atoms with Gasteiger partial charge in [-0.05, 0) is 81.3 Å². The van der Waals surface area contributed by atoms with Crippen LogP contribution in [0.15, 0.2) is 71.6 Å². The lowest BCUT2D eigenvalue weighted by molar-refractivity contribution is -0.139. The van der Waals surface area contributed by atoms with Crippen molar-refractivity contribution in [1.82, 2.24) is 10.2 Å². The maximum atomic E-state index is 13.9. The molecule has 3 rings (SSSR count). The summed E-state index contributed by atoms with van der Waals surface area (Å²) in [5.41, 5.74) is 1.67. The molecule has 2 amide bonds. The van der Waals surface area contributed by atoms with Gasteiger partial charge in [-0.3, -0.25) is 13.9 Å². The number of benzene rings is 3. The van der Waals surface area contributed by atoms with E-state index in [1.165, 1.54) is 11.0 Å². The van der Waals surface area contributed by atoms with Crippen LogP contribution in [0.25, 0.3) is 0 Å². The number of nitrogens with one attached hydrogen (secondary N) is 1. The molecule has 0 fully saturated rings. The van der Waals surface area contributed by atoms with Crippen molar-refractivity contribution in [2.45, 2.75) is 57.6 Å². The van der Waals surface area contributed by atoms with E-state index in [1.807, 2.05) is 20.8 Å². The number of rotatable bonds is 11. The minimum absolute atomic E-state index is 0.0672. The molecule has 40 heavy (non-hydrogen) atoms. The Kier molecular flexibility index (Phi) is 10.6. The molecule has 11 heteroatoms. The molecule has 0 unspecified atom stereocenters. The number of amides is 2. The summed E-state index contributed by atoms with van der Waals surface area (Å²) in [7, 11) is -4.29. The van der Waals surface area contributed by atoms with Gasteiger partial charge in [-0.2, -0.15) is 0 Å². The molecule has 0 spiro atoms. The highest BCUT2D eigenvalue weighted by molar-refractivity contribution is 7.92. The van der Waals surface area contributed by atoms with Crippen molar-refractivity contribution in [3.8, 4) is 0 Å². The van der Waals surface area contributed by atoms with Crippen LogP contribution in [0.4, 0.5) is 10.1 Å². The van der Waals surface area contributed by atoms with Gasteiger partial charge in [0.15, 0.2) is 0 Å². The molecule has 214 valence electrons. The molecule has 0 saturated carbocycles. The third-order valence-corrected chi connectivity index (χ3v) is 8.90. The highest BCUT2D eigenvalue weighted by atomic mass is 35.5. The molecule has 0 radical (unpaired) electrons. The lowest BCUT2D eigenvalue weighted by atomic mass is 10.1. The van der Waals surface area contributed by atoms with Crippen molar-refractivity contribution in [2.24, 2.45) is 0 Å². The summed E-state index contributed by atoms with van der Waals surface area (Å²) < 4.78 is 42.0. The van der Waals surface area contributed by atoms with Gasteiger partial charge < -0.3 is 10.2 Å². The van der Waals surface area contributed by atoms with Crippen molar-refractivity contribution < 1.29 is 22.4 Å². The lowest BCUT2D eigenvalue weighted by Gasteiger charge is -2.32. The molecule has 0 aromatic heterocycles. The number of sulfonamides is 1. The van der Waals surface area contributed by atoms with Gasteiger partial charge in [0.25, 0.3) is 10.0 Å². The number of halogens is 3. The van der Waals surface area contributed by atoms with Crippen LogP contribution in [-0.2, 0) is 26.2 Å². The summed E-state index contributed by atoms with van der Waals surface area (Å²) in [6.45, 7) is 6.51. The van der Waals surface area contributed by atoms with Crippen molar-refractivity contribution in [3.63, 3.8) is 0 Å². The largest absolute Gasteiger partial charge is 0.352 e. The Bertz CT molecular complexity index is 1450. The maximum Gasteiger partial charge on any atom is 0.264 e. The van der Waals surface area contributed by atoms with Crippen LogP contribution in [0.2, 0.25) is 10.0 Å². The summed E-state index contributed by atoms with van der Waals surface area (Å²) in [6.07, 6.45) is 0.687. The molecule has 0 heterocycles. The van der Waals surface area contributed by atoms with Crippen LogP contribution in [0.5, 0.6) is 0 Å². The Morgan fingerprint density at radius 3 is 2.17 bits per heavy atom. The van der Waals surface area contributed by atoms with Crippen LogP contribution in [0.3, 0.4) is 0 Å². The van der Waals surface area contributed by atoms with E-state index < -0.39 is 40.2 Å². The Morgan fingerprint density at radius 2 is 1.60 bits per heavy atom. The Hall–Kier alpha value is -3.14. The van der Waals surface area contributed by atoms with Crippen LogP contribution in [0.1, 0.15) is 38.3 Å². The Morgan fingerprint density at radius 1 is 0.975 bits per heavy atom. The number of hydrogen-bond donors (Lipinski definition) is 1. The Balaban J connectivity index is 2.04. The number of anilines is 1. The summed E-state index contributed by atoms with van der Waals surface area (Å²) in [6, 6.07) is 14.7. The first kappa shape index (κ1) is 31.4. The third-order valence-electron chi connectivity index (χ3n) is 6.53. The van der Waals surface area contributed by atoms with Crippen LogP contribution in [0, 0.1) is 12.7 Å². The molecule has 3 aromatic carbocycles. The third kappa shape index (κ3) is 7.74. The summed E-state index contributed by atoms with van der Waals surface area (Å²) in [5, 5.41) is 3.58. The predicted octanol–water partition coefficient (Wildman–Crippen LogP) is 5.97. The topological polar surface area (TPSA) is 86.8 Å². The minimum Gasteiger partial charge on any atom is -0.352 e. The molecular weight excluding hydrogens is 576 g/mol. The second-order valence-electron chi connectivity index (χ2n) is 9.55. The summed E-state index contributed by atoms with van der Waals surface area (Å²) in [4.78, 5) is 28.1. The molecule has 0 saturated heterocycles. The molecule has 2 atom stereocenters. The van der Waals surface area contributed by atoms with E-state index in [9.17, 15) is 22.4 Å². The number of aryl methyl sites for hydroxylation is 1. The average Bonchev–Trinajstić information content (AvgIpc) is 2.91. The molecule has 7 nitrogen and oxygen atoms in total. The fraction of sp³-hybridized carbons (Fsp3) is 0.310. The van der Waals surface area contributed by atoms with E-state index in [1.54, 1.807) is 43.3 Å². The zero-order valence-electron chi connectivity index (χ0n) is 22.7. The van der Waals surface area contributed by atoms with Crippen molar-refractivity contribution in [1.29, 1.82) is 0 Å². The zero-order chi connectivity index (χ0) is 29.6. The van der Waals surface area contributed by atoms with Gasteiger partial charge in [0.05, 0.1) is 10.6 Å². The highest BCUT2D eigenvalue weighted by Crippen LogP contribution is 2.27. The van der Waals surface area contributed by atoms with Crippen molar-refractivity contribution >= 4 is 50.7 Å². The second kappa shape index (κ2) is 13.5. The van der Waals surface area contributed by atoms with Crippen LogP contribution in [-0.4, -0.2) is 43.8 Å². The van der Waals surface area contributed by atoms with Gasteiger partial charge >= 0.3 is 0 Å². The predicted molar refractivity (Wildman–Crippen MR) is 156 cm³/mol. The highest BCUT2D eigenvalue weighted by Gasteiger charge is 2.33. The molecule has 1 N–H and O–H groups in total. The quantitative estimate of drug-likeness (QED) is 0.291. The number of carbonyl (C=O) groups is 2. The minimum atomic E-state index is -4.29. The molecule has 0 bridgehead atoms. The van der Waals surface area contributed by atoms with E-state index in [0.29, 0.717) is 22.0 Å². The molecule has 0 aliphatic rings. The van der Waals surface area contributed by atoms with Crippen molar-refractivity contribution in [2.75, 3.05) is 10.8 Å². The standard InChI is InChI=1S/C29H32Cl2FN3O4S/c1-5-20(3)33-29(37)21(4)34(17-22-8-9-23(30)16-27(22)31)28(36)18-35(25-12-6-19(2)7-13-25)40(38,39)26-14-10-24(32)11-15-26/h6-16,20-21H,5,17-18H2,1-4H3,(H,33,37)/t20-,21-/m1/s1. The van der Waals surface area contributed by atoms with E-state index in [-0.39, 0.29) is 23.2 Å². The maximum absolute atomic E-state index is 13.9. The fourth-order valence-electron chi connectivity index (χ4n) is 3.86. The molecule has 0 aliphatic carbocycles. The van der Waals surface area contributed by atoms with E-state index in [4.69, 9.17) is 23.2 Å². The zero-order valence-corrected chi connectivity index (χ0v) is 25.0. The van der Waals surface area contributed by atoms with Gasteiger partial charge in [-0.1, -0.05) is 53.9 Å². The van der Waals surface area contributed by atoms with Crippen molar-refractivity contribution in [3.05, 3.63) is 93.7 Å². The molecular formula is C29H32Cl2FN3O4S. The lowest BCUT2D eigenvalue weighted by Crippen LogP contribution is -2.52. The van der Waals surface area contributed by atoms with E-state index in [2.05, 4.69) is 5.32 Å². The number of carbonyl (C=O) groups excluding carboxylic acids is 2. The van der Waals surface area contributed by atoms with Gasteiger partial charge in [0.1, 0.15) is 18.4 Å².